The van der Waals surface area contributed by atoms with Gasteiger partial charge < -0.3 is 14.5 Å². The van der Waals surface area contributed by atoms with Gasteiger partial charge >= 0.3 is 0 Å². The van der Waals surface area contributed by atoms with Crippen molar-refractivity contribution in [3.8, 4) is 16.4 Å². The lowest BCUT2D eigenvalue weighted by molar-refractivity contribution is 0.102. The van der Waals surface area contributed by atoms with Crippen LogP contribution in [-0.2, 0) is 7.05 Å². The number of hydrogen-bond acceptors (Lipinski definition) is 4. The van der Waals surface area contributed by atoms with Crippen molar-refractivity contribution in [2.45, 2.75) is 13.8 Å². The molecule has 0 aliphatic carbocycles. The van der Waals surface area contributed by atoms with Crippen LogP contribution in [0.25, 0.3) is 16.4 Å². The van der Waals surface area contributed by atoms with E-state index in [2.05, 4.69) is 32.2 Å². The molecule has 0 aliphatic heterocycles. The maximum atomic E-state index is 12.9. The van der Waals surface area contributed by atoms with Crippen molar-refractivity contribution in [1.82, 2.24) is 19.3 Å². The molecular weight excluding hydrogens is 358 g/mol. The van der Waals surface area contributed by atoms with Crippen LogP contribution in [0.5, 0.6) is 0 Å². The molecule has 3 aromatic heterocycles. The standard InChI is InChI=1S/C20H19N5OS/c1-13-7-8-14(2)25(13)20-17(9-10-27-20)19(26)22-16-6-4-5-15(11-16)18-23-21-12-24(18)3/h4-12H,1-3H3,(H,22,26). The first-order valence-corrected chi connectivity index (χ1v) is 9.41. The Morgan fingerprint density at radius 1 is 1.11 bits per heavy atom. The van der Waals surface area contributed by atoms with Gasteiger partial charge in [0.1, 0.15) is 11.3 Å². The molecule has 1 amide bonds. The zero-order chi connectivity index (χ0) is 19.0. The number of rotatable bonds is 4. The first-order chi connectivity index (χ1) is 13.0. The van der Waals surface area contributed by atoms with E-state index < -0.39 is 0 Å². The van der Waals surface area contributed by atoms with Crippen molar-refractivity contribution >= 4 is 22.9 Å². The van der Waals surface area contributed by atoms with Gasteiger partial charge in [-0.05, 0) is 49.6 Å². The monoisotopic (exact) mass is 377 g/mol. The maximum Gasteiger partial charge on any atom is 0.258 e. The summed E-state index contributed by atoms with van der Waals surface area (Å²) in [6.45, 7) is 4.08. The Morgan fingerprint density at radius 2 is 1.89 bits per heavy atom. The van der Waals surface area contributed by atoms with E-state index >= 15 is 0 Å². The predicted octanol–water partition coefficient (Wildman–Crippen LogP) is 4.20. The minimum Gasteiger partial charge on any atom is -0.322 e. The van der Waals surface area contributed by atoms with Gasteiger partial charge in [0.25, 0.3) is 5.91 Å². The molecule has 0 unspecified atom stereocenters. The highest BCUT2D eigenvalue weighted by Gasteiger charge is 2.17. The average Bonchev–Trinajstić information content (AvgIpc) is 3.36. The van der Waals surface area contributed by atoms with E-state index in [9.17, 15) is 4.79 Å². The fraction of sp³-hybridized carbons (Fsp3) is 0.150. The molecule has 0 saturated carbocycles. The molecule has 3 heterocycles. The number of anilines is 1. The Labute approximate surface area is 161 Å². The van der Waals surface area contributed by atoms with Gasteiger partial charge in [-0.2, -0.15) is 0 Å². The SMILES string of the molecule is Cc1ccc(C)n1-c1sccc1C(=O)Nc1cccc(-c2nncn2C)c1. The molecule has 136 valence electrons. The second-order valence-corrected chi connectivity index (χ2v) is 7.29. The number of carbonyl (C=O) groups is 1. The summed E-state index contributed by atoms with van der Waals surface area (Å²) in [7, 11) is 1.89. The quantitative estimate of drug-likeness (QED) is 0.580. The zero-order valence-electron chi connectivity index (χ0n) is 15.3. The van der Waals surface area contributed by atoms with Crippen molar-refractivity contribution in [2.75, 3.05) is 5.32 Å². The summed E-state index contributed by atoms with van der Waals surface area (Å²) in [6, 6.07) is 13.6. The topological polar surface area (TPSA) is 64.7 Å². The molecule has 6 nitrogen and oxygen atoms in total. The minimum absolute atomic E-state index is 0.131. The van der Waals surface area contributed by atoms with E-state index in [1.165, 1.54) is 0 Å². The van der Waals surface area contributed by atoms with E-state index in [4.69, 9.17) is 0 Å². The van der Waals surface area contributed by atoms with Crippen molar-refractivity contribution < 1.29 is 4.79 Å². The zero-order valence-corrected chi connectivity index (χ0v) is 16.1. The van der Waals surface area contributed by atoms with Crippen molar-refractivity contribution in [3.63, 3.8) is 0 Å². The summed E-state index contributed by atoms with van der Waals surface area (Å²) in [5, 5.41) is 13.9. The van der Waals surface area contributed by atoms with Crippen LogP contribution in [0.1, 0.15) is 21.7 Å². The predicted molar refractivity (Wildman–Crippen MR) is 108 cm³/mol. The number of aromatic nitrogens is 4. The second kappa shape index (κ2) is 6.85. The number of amides is 1. The first-order valence-electron chi connectivity index (χ1n) is 8.53. The largest absolute Gasteiger partial charge is 0.322 e. The smallest absolute Gasteiger partial charge is 0.258 e. The van der Waals surface area contributed by atoms with Gasteiger partial charge in [0.2, 0.25) is 0 Å². The molecule has 4 rings (SSSR count). The molecule has 0 atom stereocenters. The van der Waals surface area contributed by atoms with Gasteiger partial charge in [0.05, 0.1) is 5.56 Å². The van der Waals surface area contributed by atoms with Gasteiger partial charge in [-0.3, -0.25) is 4.79 Å². The van der Waals surface area contributed by atoms with Gasteiger partial charge in [-0.25, -0.2) is 0 Å². The lowest BCUT2D eigenvalue weighted by atomic mass is 10.2. The number of carbonyl (C=O) groups excluding carboxylic acids is 1. The Balaban J connectivity index is 1.63. The number of benzene rings is 1. The third-order valence-electron chi connectivity index (χ3n) is 4.45. The number of hydrogen-bond donors (Lipinski definition) is 1. The van der Waals surface area contributed by atoms with Crippen LogP contribution in [0.3, 0.4) is 0 Å². The third kappa shape index (κ3) is 3.17. The molecule has 7 heteroatoms. The Hall–Kier alpha value is -3.19. The fourth-order valence-electron chi connectivity index (χ4n) is 3.12. The van der Waals surface area contributed by atoms with Crippen LogP contribution in [-0.4, -0.2) is 25.2 Å². The number of nitrogens with one attached hydrogen (secondary N) is 1. The second-order valence-electron chi connectivity index (χ2n) is 6.39. The van der Waals surface area contributed by atoms with Crippen molar-refractivity contribution in [2.24, 2.45) is 7.05 Å². The minimum atomic E-state index is -0.131. The third-order valence-corrected chi connectivity index (χ3v) is 5.35. The Morgan fingerprint density at radius 3 is 2.59 bits per heavy atom. The van der Waals surface area contributed by atoms with E-state index in [0.717, 1.165) is 33.5 Å². The first kappa shape index (κ1) is 17.2. The summed E-state index contributed by atoms with van der Waals surface area (Å²) < 4.78 is 3.95. The van der Waals surface area contributed by atoms with Crippen LogP contribution in [0.4, 0.5) is 5.69 Å². The highest BCUT2D eigenvalue weighted by atomic mass is 32.1. The van der Waals surface area contributed by atoms with Crippen molar-refractivity contribution in [3.05, 3.63) is 71.1 Å². The van der Waals surface area contributed by atoms with Crippen LogP contribution < -0.4 is 5.32 Å². The van der Waals surface area contributed by atoms with E-state index in [1.54, 1.807) is 17.7 Å². The van der Waals surface area contributed by atoms with Crippen LogP contribution in [0.15, 0.2) is 54.2 Å². The highest BCUT2D eigenvalue weighted by molar-refractivity contribution is 7.13. The molecular formula is C20H19N5OS. The van der Waals surface area contributed by atoms with E-state index in [0.29, 0.717) is 5.56 Å². The van der Waals surface area contributed by atoms with Crippen LogP contribution in [0.2, 0.25) is 0 Å². The molecule has 0 spiro atoms. The fourth-order valence-corrected chi connectivity index (χ4v) is 4.13. The molecule has 4 aromatic rings. The molecule has 1 aromatic carbocycles. The summed E-state index contributed by atoms with van der Waals surface area (Å²) in [6.07, 6.45) is 1.65. The molecule has 0 aliphatic rings. The van der Waals surface area contributed by atoms with Gasteiger partial charge in [0, 0.05) is 29.7 Å². The molecule has 0 fully saturated rings. The molecule has 1 N–H and O–H groups in total. The van der Waals surface area contributed by atoms with E-state index in [-0.39, 0.29) is 5.91 Å². The van der Waals surface area contributed by atoms with E-state index in [1.807, 2.05) is 61.2 Å². The number of thiophene rings is 1. The molecule has 27 heavy (non-hydrogen) atoms. The molecule has 0 saturated heterocycles. The van der Waals surface area contributed by atoms with Gasteiger partial charge in [-0.15, -0.1) is 21.5 Å². The Bertz CT molecular complexity index is 1100. The van der Waals surface area contributed by atoms with Gasteiger partial charge in [0.15, 0.2) is 5.82 Å². The summed E-state index contributed by atoms with van der Waals surface area (Å²) in [5.74, 6) is 0.620. The maximum absolute atomic E-state index is 12.9. The summed E-state index contributed by atoms with van der Waals surface area (Å²) in [4.78, 5) is 12.9. The molecule has 0 bridgehead atoms. The lowest BCUT2D eigenvalue weighted by Crippen LogP contribution is -2.14. The summed E-state index contributed by atoms with van der Waals surface area (Å²) in [5.41, 5.74) is 4.49. The number of aryl methyl sites for hydroxylation is 3. The average molecular weight is 377 g/mol. The van der Waals surface area contributed by atoms with Crippen molar-refractivity contribution in [1.29, 1.82) is 0 Å². The van der Waals surface area contributed by atoms with Gasteiger partial charge in [-0.1, -0.05) is 12.1 Å². The molecule has 0 radical (unpaired) electrons. The van der Waals surface area contributed by atoms with Crippen LogP contribution >= 0.6 is 11.3 Å². The highest BCUT2D eigenvalue weighted by Crippen LogP contribution is 2.27. The lowest BCUT2D eigenvalue weighted by Gasteiger charge is -2.11. The number of nitrogens with zero attached hydrogens (tertiary/aromatic N) is 4. The van der Waals surface area contributed by atoms with Crippen LogP contribution in [0, 0.1) is 13.8 Å². The summed E-state index contributed by atoms with van der Waals surface area (Å²) >= 11 is 1.56. The normalized spacial score (nSPS) is 10.9. The Kier molecular flexibility index (Phi) is 4.37.